The number of hydrogen-bond donors (Lipinski definition) is 0. The van der Waals surface area contributed by atoms with E-state index < -0.39 is 8.60 Å². The monoisotopic (exact) mass is 755 g/mol. The van der Waals surface area contributed by atoms with Gasteiger partial charge in [-0.2, -0.15) is 0 Å². The fourth-order valence-corrected chi connectivity index (χ4v) is 8.98. The maximum atomic E-state index is 6.80. The molecule has 3 atom stereocenters. The lowest BCUT2D eigenvalue weighted by molar-refractivity contribution is 0.106. The maximum Gasteiger partial charge on any atom is 0.332 e. The highest BCUT2D eigenvalue weighted by atomic mass is 31.2. The molecule has 0 aromatic rings. The average molecular weight is 755 g/mol. The SMILES string of the molecule is CCCCCCCCC(CCCCCC)COP(OCC(CCCCCC)CCCCCCCC)OCC(CCCCCC)CCCCCCCC. The van der Waals surface area contributed by atoms with E-state index in [2.05, 4.69) is 41.5 Å². The van der Waals surface area contributed by atoms with Crippen molar-refractivity contribution in [2.45, 2.75) is 273 Å². The van der Waals surface area contributed by atoms with Crippen LogP contribution >= 0.6 is 8.60 Å². The van der Waals surface area contributed by atoms with Crippen LogP contribution in [0.2, 0.25) is 0 Å². The molecular formula is C48H99O3P. The molecule has 0 fully saturated rings. The zero-order chi connectivity index (χ0) is 38.0. The Morgan fingerprint density at radius 3 is 0.635 bits per heavy atom. The van der Waals surface area contributed by atoms with Crippen molar-refractivity contribution in [3.63, 3.8) is 0 Å². The van der Waals surface area contributed by atoms with Crippen LogP contribution in [-0.2, 0) is 13.6 Å². The van der Waals surface area contributed by atoms with Crippen molar-refractivity contribution in [1.29, 1.82) is 0 Å². The quantitative estimate of drug-likeness (QED) is 0.0458. The van der Waals surface area contributed by atoms with Gasteiger partial charge in [0, 0.05) is 0 Å². The highest BCUT2D eigenvalue weighted by molar-refractivity contribution is 7.41. The van der Waals surface area contributed by atoms with Crippen LogP contribution in [0.25, 0.3) is 0 Å². The Morgan fingerprint density at radius 1 is 0.250 bits per heavy atom. The minimum absolute atomic E-state index is 0.640. The van der Waals surface area contributed by atoms with E-state index in [9.17, 15) is 0 Å². The molecule has 0 aliphatic rings. The van der Waals surface area contributed by atoms with E-state index in [0.717, 1.165) is 19.8 Å². The van der Waals surface area contributed by atoms with Crippen molar-refractivity contribution >= 4 is 8.60 Å². The molecule has 0 aromatic heterocycles. The molecule has 0 rings (SSSR count). The van der Waals surface area contributed by atoms with Gasteiger partial charge in [0.2, 0.25) is 0 Å². The van der Waals surface area contributed by atoms with Crippen molar-refractivity contribution in [2.75, 3.05) is 19.8 Å². The summed E-state index contributed by atoms with van der Waals surface area (Å²) in [5.41, 5.74) is 0. The predicted octanol–water partition coefficient (Wildman–Crippen LogP) is 18.3. The van der Waals surface area contributed by atoms with Crippen molar-refractivity contribution < 1.29 is 13.6 Å². The molecule has 0 saturated heterocycles. The van der Waals surface area contributed by atoms with Crippen molar-refractivity contribution in [1.82, 2.24) is 0 Å². The lowest BCUT2D eigenvalue weighted by Crippen LogP contribution is -2.15. The summed E-state index contributed by atoms with van der Waals surface area (Å²) in [4.78, 5) is 0. The molecule has 0 heterocycles. The second kappa shape index (κ2) is 44.0. The van der Waals surface area contributed by atoms with Crippen molar-refractivity contribution in [2.24, 2.45) is 17.8 Å². The molecule has 0 bridgehead atoms. The highest BCUT2D eigenvalue weighted by Gasteiger charge is 2.22. The second-order valence-corrected chi connectivity index (χ2v) is 18.1. The van der Waals surface area contributed by atoms with Gasteiger partial charge in [-0.15, -0.1) is 0 Å². The van der Waals surface area contributed by atoms with Crippen molar-refractivity contribution in [3.8, 4) is 0 Å². The largest absolute Gasteiger partial charge is 0.332 e. The van der Waals surface area contributed by atoms with Gasteiger partial charge >= 0.3 is 8.60 Å². The van der Waals surface area contributed by atoms with E-state index >= 15 is 0 Å². The van der Waals surface area contributed by atoms with Gasteiger partial charge in [-0.25, -0.2) is 0 Å². The van der Waals surface area contributed by atoms with E-state index in [1.165, 1.54) is 231 Å². The predicted molar refractivity (Wildman–Crippen MR) is 236 cm³/mol. The summed E-state index contributed by atoms with van der Waals surface area (Å²) in [6.45, 7) is 16.4. The first kappa shape index (κ1) is 52.3. The third-order valence-corrected chi connectivity index (χ3v) is 12.6. The van der Waals surface area contributed by atoms with Gasteiger partial charge in [-0.1, -0.05) is 234 Å². The second-order valence-electron chi connectivity index (χ2n) is 16.9. The molecule has 0 N–H and O–H groups in total. The zero-order valence-electron chi connectivity index (χ0n) is 37.0. The molecule has 0 aliphatic heterocycles. The standard InChI is InChI=1S/C48H99O3P/c1-7-13-19-25-28-34-40-46(37-31-22-16-10-4)43-49-52(50-44-47(38-32-23-17-11-5)41-35-29-26-20-14-8-2)51-45-48(39-33-24-18-12-6)42-36-30-27-21-15-9-3/h46-48H,7-45H2,1-6H3. The minimum Gasteiger partial charge on any atom is -0.312 e. The zero-order valence-corrected chi connectivity index (χ0v) is 37.9. The van der Waals surface area contributed by atoms with Crippen molar-refractivity contribution in [3.05, 3.63) is 0 Å². The molecular weight excluding hydrogens is 655 g/mol. The van der Waals surface area contributed by atoms with E-state index in [4.69, 9.17) is 13.6 Å². The van der Waals surface area contributed by atoms with E-state index in [0.29, 0.717) is 17.8 Å². The average Bonchev–Trinajstić information content (AvgIpc) is 3.15. The van der Waals surface area contributed by atoms with Crippen LogP contribution in [0.5, 0.6) is 0 Å². The lowest BCUT2D eigenvalue weighted by Gasteiger charge is -2.25. The van der Waals surface area contributed by atoms with Crippen LogP contribution in [0, 0.1) is 17.8 Å². The van der Waals surface area contributed by atoms with Gasteiger partial charge in [0.15, 0.2) is 0 Å². The smallest absolute Gasteiger partial charge is 0.312 e. The Hall–Kier alpha value is 0.310. The Morgan fingerprint density at radius 2 is 0.423 bits per heavy atom. The van der Waals surface area contributed by atoms with Crippen LogP contribution in [0.4, 0.5) is 0 Å². The first-order chi connectivity index (χ1) is 25.6. The summed E-state index contributed by atoms with van der Waals surface area (Å²) in [5.74, 6) is 1.92. The summed E-state index contributed by atoms with van der Waals surface area (Å²) in [6.07, 6.45) is 48.6. The maximum absolute atomic E-state index is 6.80. The summed E-state index contributed by atoms with van der Waals surface area (Å²) in [6, 6.07) is 0. The van der Waals surface area contributed by atoms with Gasteiger partial charge in [0.1, 0.15) is 0 Å². The van der Waals surface area contributed by atoms with E-state index in [-0.39, 0.29) is 0 Å². The number of hydrogen-bond acceptors (Lipinski definition) is 3. The topological polar surface area (TPSA) is 27.7 Å². The van der Waals surface area contributed by atoms with Crippen LogP contribution in [0.15, 0.2) is 0 Å². The molecule has 0 aromatic carbocycles. The van der Waals surface area contributed by atoms with Gasteiger partial charge in [0.05, 0.1) is 19.8 Å². The lowest BCUT2D eigenvalue weighted by atomic mass is 9.95. The normalized spacial score (nSPS) is 14.2. The summed E-state index contributed by atoms with van der Waals surface area (Å²) in [7, 11) is -1.30. The molecule has 0 aliphatic carbocycles. The first-order valence-electron chi connectivity index (χ1n) is 24.3. The highest BCUT2D eigenvalue weighted by Crippen LogP contribution is 2.43. The molecule has 4 heteroatoms. The van der Waals surface area contributed by atoms with Gasteiger partial charge in [-0.3, -0.25) is 0 Å². The number of rotatable bonds is 45. The Labute approximate surface area is 331 Å². The summed E-state index contributed by atoms with van der Waals surface area (Å²) >= 11 is 0. The molecule has 3 unspecified atom stereocenters. The molecule has 3 nitrogen and oxygen atoms in total. The third kappa shape index (κ3) is 37.2. The molecule has 0 spiro atoms. The van der Waals surface area contributed by atoms with E-state index in [1.807, 2.05) is 0 Å². The summed E-state index contributed by atoms with van der Waals surface area (Å²) in [5, 5.41) is 0. The van der Waals surface area contributed by atoms with Crippen LogP contribution in [0.3, 0.4) is 0 Å². The van der Waals surface area contributed by atoms with Gasteiger partial charge < -0.3 is 13.6 Å². The Balaban J connectivity index is 5.57. The van der Waals surface area contributed by atoms with Gasteiger partial charge in [-0.05, 0) is 56.3 Å². The first-order valence-corrected chi connectivity index (χ1v) is 25.4. The van der Waals surface area contributed by atoms with Gasteiger partial charge in [0.25, 0.3) is 0 Å². The molecule has 0 radical (unpaired) electrons. The Kier molecular flexibility index (Phi) is 44.3. The molecule has 314 valence electrons. The summed E-state index contributed by atoms with van der Waals surface area (Å²) < 4.78 is 20.4. The molecule has 52 heavy (non-hydrogen) atoms. The molecule has 0 amide bonds. The third-order valence-electron chi connectivity index (χ3n) is 11.5. The Bertz CT molecular complexity index is 560. The fourth-order valence-electron chi connectivity index (χ4n) is 7.76. The molecule has 0 saturated carbocycles. The fraction of sp³-hybridized carbons (Fsp3) is 1.00. The van der Waals surface area contributed by atoms with E-state index in [1.54, 1.807) is 0 Å². The minimum atomic E-state index is -1.30. The number of unbranched alkanes of at least 4 members (excludes halogenated alkanes) is 24. The van der Waals surface area contributed by atoms with Crippen LogP contribution < -0.4 is 0 Å². The van der Waals surface area contributed by atoms with Crippen LogP contribution in [-0.4, -0.2) is 19.8 Å². The van der Waals surface area contributed by atoms with Crippen LogP contribution in [0.1, 0.15) is 273 Å².